The number of aromatic nitrogens is 3. The van der Waals surface area contributed by atoms with Crippen molar-refractivity contribution in [2.45, 2.75) is 37.2 Å². The fourth-order valence-electron chi connectivity index (χ4n) is 2.40. The summed E-state index contributed by atoms with van der Waals surface area (Å²) in [7, 11) is -1.24. The number of aromatic amines is 1. The molecular formula is C16H22N4O6S. The number of benzene rings is 1. The van der Waals surface area contributed by atoms with Crippen molar-refractivity contribution in [1.82, 2.24) is 14.8 Å². The van der Waals surface area contributed by atoms with E-state index in [1.807, 2.05) is 0 Å². The van der Waals surface area contributed by atoms with Gasteiger partial charge < -0.3 is 14.8 Å². The second-order valence-corrected chi connectivity index (χ2v) is 7.87. The van der Waals surface area contributed by atoms with Crippen LogP contribution in [0.5, 0.6) is 11.5 Å². The third-order valence-corrected chi connectivity index (χ3v) is 5.88. The van der Waals surface area contributed by atoms with Gasteiger partial charge in [-0.3, -0.25) is 9.36 Å². The smallest absolute Gasteiger partial charge is 0.344 e. The highest BCUT2D eigenvalue weighted by Gasteiger charge is 2.34. The number of nitrogens with one attached hydrogen (secondary N) is 2. The van der Waals surface area contributed by atoms with Crippen LogP contribution in [-0.2, 0) is 21.2 Å². The van der Waals surface area contributed by atoms with Crippen LogP contribution in [0, 0.1) is 0 Å². The van der Waals surface area contributed by atoms with Crippen LogP contribution in [0.25, 0.3) is 0 Å². The second kappa shape index (κ2) is 8.25. The van der Waals surface area contributed by atoms with Crippen LogP contribution in [0.1, 0.15) is 20.3 Å². The highest BCUT2D eigenvalue weighted by Crippen LogP contribution is 2.30. The quantitative estimate of drug-likeness (QED) is 0.672. The van der Waals surface area contributed by atoms with Crippen molar-refractivity contribution in [2.75, 3.05) is 19.5 Å². The Morgan fingerprint density at radius 1 is 1.30 bits per heavy atom. The van der Waals surface area contributed by atoms with Crippen molar-refractivity contribution in [3.05, 3.63) is 28.7 Å². The predicted molar refractivity (Wildman–Crippen MR) is 98.0 cm³/mol. The molecule has 10 nitrogen and oxygen atoms in total. The zero-order chi connectivity index (χ0) is 20.2. The average Bonchev–Trinajstić information content (AvgIpc) is 3.02. The van der Waals surface area contributed by atoms with Crippen molar-refractivity contribution < 1.29 is 22.7 Å². The van der Waals surface area contributed by atoms with Crippen molar-refractivity contribution in [2.24, 2.45) is 0 Å². The van der Waals surface area contributed by atoms with Gasteiger partial charge in [-0.2, -0.15) is 0 Å². The summed E-state index contributed by atoms with van der Waals surface area (Å²) in [6.07, 6.45) is 0.536. The van der Waals surface area contributed by atoms with Crippen LogP contribution >= 0.6 is 0 Å². The van der Waals surface area contributed by atoms with Gasteiger partial charge in [0, 0.05) is 18.3 Å². The molecule has 1 aromatic carbocycles. The van der Waals surface area contributed by atoms with Crippen molar-refractivity contribution in [3.8, 4) is 11.5 Å². The highest BCUT2D eigenvalue weighted by molar-refractivity contribution is 7.92. The standard InChI is InChI=1S/C16H22N4O6S/c1-5-8-20-15(22)18-19-16(20)27(23,24)10(2)14(21)17-11-6-7-12(25-3)13(9-11)26-4/h6-7,9-10H,5,8H2,1-4H3,(H,17,21)(H,18,22)/t10-/m1/s1. The number of nitrogens with zero attached hydrogens (tertiary/aromatic N) is 2. The molecule has 11 heteroatoms. The molecule has 148 valence electrons. The summed E-state index contributed by atoms with van der Waals surface area (Å²) in [5.41, 5.74) is -0.296. The Labute approximate surface area is 156 Å². The third-order valence-electron chi connectivity index (χ3n) is 3.91. The lowest BCUT2D eigenvalue weighted by molar-refractivity contribution is -0.115. The maximum atomic E-state index is 12.7. The van der Waals surface area contributed by atoms with Crippen LogP contribution in [-0.4, -0.2) is 48.6 Å². The van der Waals surface area contributed by atoms with Crippen molar-refractivity contribution in [1.29, 1.82) is 0 Å². The van der Waals surface area contributed by atoms with E-state index in [-0.39, 0.29) is 6.54 Å². The van der Waals surface area contributed by atoms with E-state index in [9.17, 15) is 18.0 Å². The molecule has 0 saturated carbocycles. The van der Waals surface area contributed by atoms with E-state index >= 15 is 0 Å². The van der Waals surface area contributed by atoms with Gasteiger partial charge in [0.2, 0.25) is 15.7 Å². The topological polar surface area (TPSA) is 132 Å². The molecule has 0 aliphatic heterocycles. The summed E-state index contributed by atoms with van der Waals surface area (Å²) >= 11 is 0. The molecule has 1 heterocycles. The first kappa shape index (κ1) is 20.5. The molecule has 0 aliphatic rings. The molecule has 1 aromatic heterocycles. The van der Waals surface area contributed by atoms with E-state index in [4.69, 9.17) is 9.47 Å². The van der Waals surface area contributed by atoms with Crippen LogP contribution in [0.4, 0.5) is 5.69 Å². The lowest BCUT2D eigenvalue weighted by Gasteiger charge is -2.14. The van der Waals surface area contributed by atoms with Crippen LogP contribution in [0.3, 0.4) is 0 Å². The number of anilines is 1. The Hall–Kier alpha value is -2.82. The predicted octanol–water partition coefficient (Wildman–Crippen LogP) is 0.799. The summed E-state index contributed by atoms with van der Waals surface area (Å²) in [6.45, 7) is 3.21. The zero-order valence-corrected chi connectivity index (χ0v) is 16.3. The van der Waals surface area contributed by atoms with Crippen LogP contribution < -0.4 is 20.5 Å². The SMILES string of the molecule is CCCn1c(S(=O)(=O)[C@H](C)C(=O)Nc2ccc(OC)c(OC)c2)n[nH]c1=O. The summed E-state index contributed by atoms with van der Waals surface area (Å²) in [5, 5.41) is 6.31. The summed E-state index contributed by atoms with van der Waals surface area (Å²) < 4.78 is 36.8. The number of H-pyrrole nitrogens is 1. The first-order chi connectivity index (χ1) is 12.8. The molecule has 2 aromatic rings. The lowest BCUT2D eigenvalue weighted by Crippen LogP contribution is -2.35. The highest BCUT2D eigenvalue weighted by atomic mass is 32.2. The Bertz CT molecular complexity index is 979. The summed E-state index contributed by atoms with van der Waals surface area (Å²) in [5.74, 6) is 0.0897. The fourth-order valence-corrected chi connectivity index (χ4v) is 3.71. The number of amides is 1. The number of methoxy groups -OCH3 is 2. The van der Waals surface area contributed by atoms with Gasteiger partial charge in [0.1, 0.15) is 5.25 Å². The van der Waals surface area contributed by atoms with Crippen molar-refractivity contribution >= 4 is 21.4 Å². The Morgan fingerprint density at radius 3 is 2.56 bits per heavy atom. The minimum absolute atomic E-state index is 0.175. The number of carbonyl (C=O) groups is 1. The minimum atomic E-state index is -4.17. The molecular weight excluding hydrogens is 376 g/mol. The normalized spacial score (nSPS) is 12.4. The molecule has 0 radical (unpaired) electrons. The van der Waals surface area contributed by atoms with Gasteiger partial charge >= 0.3 is 5.69 Å². The molecule has 0 fully saturated rings. The molecule has 0 saturated heterocycles. The molecule has 1 atom stereocenters. The largest absolute Gasteiger partial charge is 0.493 e. The molecule has 2 N–H and O–H groups in total. The zero-order valence-electron chi connectivity index (χ0n) is 15.5. The van der Waals surface area contributed by atoms with Gasteiger partial charge in [-0.05, 0) is 25.5 Å². The maximum Gasteiger partial charge on any atom is 0.344 e. The van der Waals surface area contributed by atoms with Gasteiger partial charge in [-0.25, -0.2) is 18.3 Å². The molecule has 0 spiro atoms. The Kier molecular flexibility index (Phi) is 6.26. The average molecular weight is 398 g/mol. The first-order valence-electron chi connectivity index (χ1n) is 8.18. The molecule has 1 amide bonds. The summed E-state index contributed by atoms with van der Waals surface area (Å²) in [4.78, 5) is 24.2. The van der Waals surface area contributed by atoms with Crippen LogP contribution in [0.15, 0.2) is 28.2 Å². The number of hydrogen-bond acceptors (Lipinski definition) is 7. The molecule has 0 bridgehead atoms. The van der Waals surface area contributed by atoms with E-state index < -0.39 is 31.8 Å². The van der Waals surface area contributed by atoms with Gasteiger partial charge in [-0.15, -0.1) is 5.10 Å². The Balaban J connectivity index is 2.28. The van der Waals surface area contributed by atoms with E-state index in [1.54, 1.807) is 19.1 Å². The number of ether oxygens (including phenoxy) is 2. The number of sulfone groups is 1. The minimum Gasteiger partial charge on any atom is -0.493 e. The van der Waals surface area contributed by atoms with Gasteiger partial charge in [0.15, 0.2) is 11.5 Å². The number of rotatable bonds is 8. The molecule has 2 rings (SSSR count). The van der Waals surface area contributed by atoms with Gasteiger partial charge in [0.05, 0.1) is 14.2 Å². The van der Waals surface area contributed by atoms with Gasteiger partial charge in [0.25, 0.3) is 5.16 Å². The molecule has 0 aliphatic carbocycles. The lowest BCUT2D eigenvalue weighted by atomic mass is 10.2. The van der Waals surface area contributed by atoms with Gasteiger partial charge in [-0.1, -0.05) is 6.92 Å². The summed E-state index contributed by atoms with van der Waals surface area (Å²) in [6, 6.07) is 4.65. The van der Waals surface area contributed by atoms with E-state index in [1.165, 1.54) is 27.2 Å². The van der Waals surface area contributed by atoms with Crippen molar-refractivity contribution in [3.63, 3.8) is 0 Å². The molecule has 0 unspecified atom stereocenters. The van der Waals surface area contributed by atoms with Crippen LogP contribution in [0.2, 0.25) is 0 Å². The number of carbonyl (C=O) groups excluding carboxylic acids is 1. The molecule has 27 heavy (non-hydrogen) atoms. The van der Waals surface area contributed by atoms with E-state index in [0.29, 0.717) is 23.6 Å². The third kappa shape index (κ3) is 4.13. The first-order valence-corrected chi connectivity index (χ1v) is 9.72. The number of hydrogen-bond donors (Lipinski definition) is 2. The maximum absolute atomic E-state index is 12.7. The van der Waals surface area contributed by atoms with E-state index in [0.717, 1.165) is 4.57 Å². The monoisotopic (exact) mass is 398 g/mol. The second-order valence-electron chi connectivity index (χ2n) is 5.71. The van der Waals surface area contributed by atoms with E-state index in [2.05, 4.69) is 15.5 Å². The fraction of sp³-hybridized carbons (Fsp3) is 0.438. The Morgan fingerprint density at radius 2 is 1.96 bits per heavy atom.